The van der Waals surface area contributed by atoms with Crippen molar-refractivity contribution in [2.75, 3.05) is 11.9 Å². The molecule has 0 spiro atoms. The van der Waals surface area contributed by atoms with Crippen LogP contribution in [-0.4, -0.2) is 17.6 Å². The predicted octanol–water partition coefficient (Wildman–Crippen LogP) is 2.79. The highest BCUT2D eigenvalue weighted by Crippen LogP contribution is 2.22. The van der Waals surface area contributed by atoms with E-state index in [0.717, 1.165) is 0 Å². The van der Waals surface area contributed by atoms with Crippen molar-refractivity contribution in [1.29, 1.82) is 0 Å². The Morgan fingerprint density at radius 2 is 2.25 bits per heavy atom. The van der Waals surface area contributed by atoms with Gasteiger partial charge in [-0.2, -0.15) is 0 Å². The lowest BCUT2D eigenvalue weighted by molar-refractivity contribution is 0.102. The first-order valence-corrected chi connectivity index (χ1v) is 6.75. The molecule has 1 aromatic carbocycles. The predicted molar refractivity (Wildman–Crippen MR) is 77.4 cm³/mol. The zero-order chi connectivity index (χ0) is 14.5. The van der Waals surface area contributed by atoms with E-state index in [1.807, 2.05) is 0 Å². The lowest BCUT2D eigenvalue weighted by atomic mass is 10.2. The lowest BCUT2D eigenvalue weighted by Gasteiger charge is -2.08. The maximum absolute atomic E-state index is 13.7. The van der Waals surface area contributed by atoms with Crippen LogP contribution in [0.15, 0.2) is 29.6 Å². The molecule has 1 heterocycles. The van der Waals surface area contributed by atoms with E-state index in [0.29, 0.717) is 16.0 Å². The van der Waals surface area contributed by atoms with Crippen LogP contribution < -0.4 is 5.32 Å². The van der Waals surface area contributed by atoms with E-state index >= 15 is 0 Å². The molecule has 0 aliphatic carbocycles. The zero-order valence-corrected chi connectivity index (χ0v) is 11.6. The first-order chi connectivity index (χ1) is 9.63. The molecule has 0 radical (unpaired) electrons. The second kappa shape index (κ2) is 6.33. The van der Waals surface area contributed by atoms with Crippen molar-refractivity contribution in [3.8, 4) is 11.8 Å². The van der Waals surface area contributed by atoms with Gasteiger partial charge in [-0.1, -0.05) is 24.0 Å². The molecule has 0 aliphatic rings. The topological polar surface area (TPSA) is 49.3 Å². The van der Waals surface area contributed by atoms with Crippen LogP contribution in [0, 0.1) is 24.6 Å². The third-order valence-electron chi connectivity index (χ3n) is 2.63. The molecule has 0 fully saturated rings. The minimum absolute atomic E-state index is 0.173. The van der Waals surface area contributed by atoms with Gasteiger partial charge in [-0.15, -0.1) is 11.3 Å². The third-order valence-corrected chi connectivity index (χ3v) is 3.55. The van der Waals surface area contributed by atoms with Crippen LogP contribution in [0.4, 0.5) is 10.1 Å². The molecule has 0 bridgehead atoms. The minimum Gasteiger partial charge on any atom is -0.384 e. The lowest BCUT2D eigenvalue weighted by Crippen LogP contribution is -2.13. The number of benzene rings is 1. The summed E-state index contributed by atoms with van der Waals surface area (Å²) in [4.78, 5) is 12.6. The highest BCUT2D eigenvalue weighted by Gasteiger charge is 2.15. The van der Waals surface area contributed by atoms with E-state index in [1.165, 1.54) is 17.4 Å². The van der Waals surface area contributed by atoms with Crippen LogP contribution in [-0.2, 0) is 0 Å². The number of thiophene rings is 1. The number of halogens is 1. The van der Waals surface area contributed by atoms with Crippen LogP contribution in [0.5, 0.6) is 0 Å². The summed E-state index contributed by atoms with van der Waals surface area (Å²) < 4.78 is 13.7. The minimum atomic E-state index is -0.474. The molecular formula is C15H12FNO2S. The smallest absolute Gasteiger partial charge is 0.267 e. The number of anilines is 1. The Morgan fingerprint density at radius 3 is 2.95 bits per heavy atom. The van der Waals surface area contributed by atoms with Crippen LogP contribution in [0.1, 0.15) is 20.8 Å². The zero-order valence-electron chi connectivity index (χ0n) is 10.7. The van der Waals surface area contributed by atoms with E-state index in [9.17, 15) is 9.18 Å². The number of hydrogen-bond acceptors (Lipinski definition) is 3. The van der Waals surface area contributed by atoms with E-state index in [1.54, 1.807) is 30.5 Å². The summed E-state index contributed by atoms with van der Waals surface area (Å²) in [7, 11) is 0. The molecule has 2 aromatic rings. The molecule has 2 N–H and O–H groups in total. The van der Waals surface area contributed by atoms with E-state index < -0.39 is 11.7 Å². The second-order valence-corrected chi connectivity index (χ2v) is 4.93. The number of hydrogen-bond donors (Lipinski definition) is 2. The Bertz CT molecular complexity index is 677. The van der Waals surface area contributed by atoms with Crippen molar-refractivity contribution in [2.24, 2.45) is 0 Å². The van der Waals surface area contributed by atoms with Crippen molar-refractivity contribution in [2.45, 2.75) is 6.92 Å². The highest BCUT2D eigenvalue weighted by atomic mass is 32.1. The van der Waals surface area contributed by atoms with Gasteiger partial charge in [-0.3, -0.25) is 4.79 Å². The van der Waals surface area contributed by atoms with Crippen molar-refractivity contribution in [3.05, 3.63) is 51.5 Å². The Kier molecular flexibility index (Phi) is 4.51. The number of amides is 1. The van der Waals surface area contributed by atoms with Gasteiger partial charge in [0.1, 0.15) is 17.3 Å². The molecule has 20 heavy (non-hydrogen) atoms. The molecule has 102 valence electrons. The van der Waals surface area contributed by atoms with Crippen molar-refractivity contribution >= 4 is 22.9 Å². The Hall–Kier alpha value is -2.16. The number of para-hydroxylation sites is 1. The summed E-state index contributed by atoms with van der Waals surface area (Å²) in [6.45, 7) is 1.45. The molecule has 0 atom stereocenters. The van der Waals surface area contributed by atoms with Gasteiger partial charge < -0.3 is 10.4 Å². The van der Waals surface area contributed by atoms with Crippen LogP contribution in [0.25, 0.3) is 0 Å². The molecule has 0 unspecified atom stereocenters. The molecule has 0 aliphatic heterocycles. The quantitative estimate of drug-likeness (QED) is 0.835. The number of nitrogens with one attached hydrogen (secondary N) is 1. The summed E-state index contributed by atoms with van der Waals surface area (Å²) in [6, 6.07) is 6.29. The standard InChI is InChI=1S/C15H12FNO2S/c1-10-4-2-6-12(16)13(10)17-15(19)14-11(5-3-8-18)7-9-20-14/h2,4,6-7,9,18H,8H2,1H3,(H,17,19). The molecule has 0 saturated carbocycles. The SMILES string of the molecule is Cc1cccc(F)c1NC(=O)c1sccc1C#CCO. The third kappa shape index (κ3) is 3.05. The van der Waals surface area contributed by atoms with Gasteiger partial charge in [0.2, 0.25) is 0 Å². The van der Waals surface area contributed by atoms with E-state index in [2.05, 4.69) is 17.2 Å². The van der Waals surface area contributed by atoms with Crippen molar-refractivity contribution in [3.63, 3.8) is 0 Å². The number of rotatable bonds is 2. The molecule has 1 amide bonds. The van der Waals surface area contributed by atoms with Crippen LogP contribution >= 0.6 is 11.3 Å². The van der Waals surface area contributed by atoms with Gasteiger partial charge in [0.05, 0.1) is 5.69 Å². The monoisotopic (exact) mass is 289 g/mol. The summed E-state index contributed by atoms with van der Waals surface area (Å²) in [5.74, 6) is 4.30. The fraction of sp³-hybridized carbons (Fsp3) is 0.133. The first-order valence-electron chi connectivity index (χ1n) is 5.87. The first kappa shape index (κ1) is 14.3. The Balaban J connectivity index is 2.27. The van der Waals surface area contributed by atoms with Gasteiger partial charge in [-0.05, 0) is 30.0 Å². The Morgan fingerprint density at radius 1 is 1.45 bits per heavy atom. The fourth-order valence-electron chi connectivity index (χ4n) is 1.68. The summed E-state index contributed by atoms with van der Waals surface area (Å²) in [5, 5.41) is 13.0. The molecule has 2 rings (SSSR count). The van der Waals surface area contributed by atoms with Gasteiger partial charge >= 0.3 is 0 Å². The second-order valence-electron chi connectivity index (χ2n) is 4.01. The van der Waals surface area contributed by atoms with Crippen molar-refractivity contribution in [1.82, 2.24) is 0 Å². The van der Waals surface area contributed by atoms with E-state index in [-0.39, 0.29) is 12.3 Å². The fourth-order valence-corrected chi connectivity index (χ4v) is 2.42. The van der Waals surface area contributed by atoms with Crippen LogP contribution in [0.2, 0.25) is 0 Å². The Labute approximate surface area is 120 Å². The maximum atomic E-state index is 13.7. The molecule has 3 nitrogen and oxygen atoms in total. The number of aliphatic hydroxyl groups excluding tert-OH is 1. The number of aliphatic hydroxyl groups is 1. The summed E-state index contributed by atoms with van der Waals surface area (Å²) in [5.41, 5.74) is 1.35. The maximum Gasteiger partial charge on any atom is 0.267 e. The van der Waals surface area contributed by atoms with Crippen LogP contribution in [0.3, 0.4) is 0 Å². The van der Waals surface area contributed by atoms with Gasteiger partial charge in [-0.25, -0.2) is 4.39 Å². The summed E-state index contributed by atoms with van der Waals surface area (Å²) >= 11 is 1.22. The molecule has 1 aromatic heterocycles. The molecule has 5 heteroatoms. The van der Waals surface area contributed by atoms with Gasteiger partial charge in [0.15, 0.2) is 0 Å². The van der Waals surface area contributed by atoms with E-state index in [4.69, 9.17) is 5.11 Å². The number of carbonyl (C=O) groups is 1. The summed E-state index contributed by atoms with van der Waals surface area (Å²) in [6.07, 6.45) is 0. The van der Waals surface area contributed by atoms with Gasteiger partial charge in [0, 0.05) is 5.56 Å². The number of carbonyl (C=O) groups excluding carboxylic acids is 1. The van der Waals surface area contributed by atoms with Crippen molar-refractivity contribution < 1.29 is 14.3 Å². The normalized spacial score (nSPS) is 9.75. The molecular weight excluding hydrogens is 277 g/mol. The average Bonchev–Trinajstić information content (AvgIpc) is 2.89. The van der Waals surface area contributed by atoms with Gasteiger partial charge in [0.25, 0.3) is 5.91 Å². The average molecular weight is 289 g/mol. The number of aryl methyl sites for hydroxylation is 1. The molecule has 0 saturated heterocycles. The highest BCUT2D eigenvalue weighted by molar-refractivity contribution is 7.12. The largest absolute Gasteiger partial charge is 0.384 e.